The summed E-state index contributed by atoms with van der Waals surface area (Å²) in [6.07, 6.45) is 3.50. The maximum absolute atomic E-state index is 12.5. The van der Waals surface area contributed by atoms with Crippen LogP contribution in [0.25, 0.3) is 0 Å². The fourth-order valence-corrected chi connectivity index (χ4v) is 4.72. The van der Waals surface area contributed by atoms with Crippen molar-refractivity contribution in [3.63, 3.8) is 0 Å². The molecule has 5 heteroatoms. The van der Waals surface area contributed by atoms with Gasteiger partial charge in [0.15, 0.2) is 0 Å². The Morgan fingerprint density at radius 3 is 2.38 bits per heavy atom. The van der Waals surface area contributed by atoms with Gasteiger partial charge in [-0.05, 0) is 48.1 Å². The van der Waals surface area contributed by atoms with E-state index >= 15 is 0 Å². The number of rotatable bonds is 2. The second-order valence-electron chi connectivity index (χ2n) is 7.14. The average molecular weight is 327 g/mol. The number of aromatic nitrogens is 1. The molecule has 1 aromatic rings. The number of hydrogen-bond acceptors (Lipinski definition) is 2. The molecule has 0 spiro atoms. The fraction of sp³-hybridized carbons (Fsp3) is 0.625. The summed E-state index contributed by atoms with van der Waals surface area (Å²) in [4.78, 5) is 16.4. The van der Waals surface area contributed by atoms with Gasteiger partial charge in [0.25, 0.3) is 5.91 Å². The van der Waals surface area contributed by atoms with Crippen molar-refractivity contribution >= 4 is 29.1 Å². The molecule has 1 heterocycles. The van der Waals surface area contributed by atoms with E-state index in [0.29, 0.717) is 11.5 Å². The monoisotopic (exact) mass is 326 g/mol. The van der Waals surface area contributed by atoms with Gasteiger partial charge in [-0.2, -0.15) is 0 Å². The average Bonchev–Trinajstić information content (AvgIpc) is 2.70. The van der Waals surface area contributed by atoms with Crippen LogP contribution < -0.4 is 5.32 Å². The van der Waals surface area contributed by atoms with Gasteiger partial charge >= 0.3 is 0 Å². The van der Waals surface area contributed by atoms with Crippen molar-refractivity contribution < 1.29 is 4.79 Å². The standard InChI is InChI=1S/C16H20Cl2N2O/c1-15(2)10-4-5-16(15,3)11(8-10)19-14(21)9-6-12(17)20-13(18)7-9/h6-7,10-11H,4-5,8H2,1-3H3,(H,19,21). The zero-order chi connectivity index (χ0) is 15.4. The minimum atomic E-state index is -0.115. The smallest absolute Gasteiger partial charge is 0.251 e. The van der Waals surface area contributed by atoms with Crippen LogP contribution in [0.15, 0.2) is 12.1 Å². The molecule has 2 fully saturated rings. The molecule has 0 aromatic carbocycles. The largest absolute Gasteiger partial charge is 0.349 e. The van der Waals surface area contributed by atoms with Crippen molar-refractivity contribution in [1.29, 1.82) is 0 Å². The van der Waals surface area contributed by atoms with Crippen molar-refractivity contribution in [3.05, 3.63) is 28.0 Å². The SMILES string of the molecule is CC1(C)C2CCC1(C)C(NC(=O)c1cc(Cl)nc(Cl)c1)C2. The van der Waals surface area contributed by atoms with Crippen LogP contribution in [0.3, 0.4) is 0 Å². The Kier molecular flexibility index (Phi) is 3.49. The number of carbonyl (C=O) groups is 1. The molecule has 1 aromatic heterocycles. The van der Waals surface area contributed by atoms with Gasteiger partial charge in [-0.1, -0.05) is 44.0 Å². The van der Waals surface area contributed by atoms with Crippen LogP contribution in [0.2, 0.25) is 10.3 Å². The lowest BCUT2D eigenvalue weighted by molar-refractivity contribution is 0.0826. The zero-order valence-corrected chi connectivity index (χ0v) is 14.1. The summed E-state index contributed by atoms with van der Waals surface area (Å²) in [7, 11) is 0. The van der Waals surface area contributed by atoms with E-state index in [1.807, 2.05) is 0 Å². The number of nitrogens with zero attached hydrogens (tertiary/aromatic N) is 1. The Balaban J connectivity index is 1.80. The number of carbonyl (C=O) groups excluding carboxylic acids is 1. The van der Waals surface area contributed by atoms with E-state index in [9.17, 15) is 4.79 Å². The Morgan fingerprint density at radius 1 is 1.29 bits per heavy atom. The lowest BCUT2D eigenvalue weighted by Crippen LogP contribution is -2.46. The molecule has 21 heavy (non-hydrogen) atoms. The van der Waals surface area contributed by atoms with E-state index in [2.05, 4.69) is 31.1 Å². The summed E-state index contributed by atoms with van der Waals surface area (Å²) >= 11 is 11.7. The van der Waals surface area contributed by atoms with E-state index in [1.165, 1.54) is 12.8 Å². The second-order valence-corrected chi connectivity index (χ2v) is 7.91. The number of pyridine rings is 1. The molecule has 2 bridgehead atoms. The lowest BCUT2D eigenvalue weighted by atomic mass is 9.69. The molecule has 3 atom stereocenters. The van der Waals surface area contributed by atoms with E-state index in [1.54, 1.807) is 12.1 Å². The first-order valence-electron chi connectivity index (χ1n) is 7.38. The highest BCUT2D eigenvalue weighted by molar-refractivity contribution is 6.33. The highest BCUT2D eigenvalue weighted by Crippen LogP contribution is 2.65. The minimum Gasteiger partial charge on any atom is -0.349 e. The van der Waals surface area contributed by atoms with Gasteiger partial charge in [-0.25, -0.2) is 4.98 Å². The van der Waals surface area contributed by atoms with E-state index in [4.69, 9.17) is 23.2 Å². The molecular weight excluding hydrogens is 307 g/mol. The van der Waals surface area contributed by atoms with Gasteiger partial charge in [-0.3, -0.25) is 4.79 Å². The van der Waals surface area contributed by atoms with E-state index in [-0.39, 0.29) is 33.1 Å². The first-order valence-corrected chi connectivity index (χ1v) is 8.13. The summed E-state index contributed by atoms with van der Waals surface area (Å²) in [5.41, 5.74) is 0.913. The molecule has 114 valence electrons. The molecular formula is C16H20Cl2N2O. The van der Waals surface area contributed by atoms with Gasteiger partial charge in [0.1, 0.15) is 10.3 Å². The summed E-state index contributed by atoms with van der Waals surface area (Å²) in [6, 6.07) is 3.33. The van der Waals surface area contributed by atoms with E-state index in [0.717, 1.165) is 6.42 Å². The molecule has 3 rings (SSSR count). The first kappa shape index (κ1) is 15.1. The summed E-state index contributed by atoms with van der Waals surface area (Å²) in [6.45, 7) is 6.96. The summed E-state index contributed by atoms with van der Waals surface area (Å²) < 4.78 is 0. The fourth-order valence-electron chi connectivity index (χ4n) is 4.26. The maximum atomic E-state index is 12.5. The zero-order valence-electron chi connectivity index (χ0n) is 12.5. The summed E-state index contributed by atoms with van der Waals surface area (Å²) in [5, 5.41) is 3.68. The quantitative estimate of drug-likeness (QED) is 0.822. The molecule has 3 nitrogen and oxygen atoms in total. The molecule has 0 saturated heterocycles. The Hall–Kier alpha value is -0.800. The number of nitrogens with one attached hydrogen (secondary N) is 1. The number of hydrogen-bond donors (Lipinski definition) is 1. The minimum absolute atomic E-state index is 0.115. The molecule has 2 saturated carbocycles. The first-order chi connectivity index (χ1) is 9.74. The predicted molar refractivity (Wildman–Crippen MR) is 84.7 cm³/mol. The normalized spacial score (nSPS) is 33.2. The van der Waals surface area contributed by atoms with Crippen molar-refractivity contribution in [3.8, 4) is 0 Å². The molecule has 3 unspecified atom stereocenters. The van der Waals surface area contributed by atoms with Crippen LogP contribution in [0, 0.1) is 16.7 Å². The van der Waals surface area contributed by atoms with Crippen molar-refractivity contribution in [2.24, 2.45) is 16.7 Å². The molecule has 2 aliphatic carbocycles. The van der Waals surface area contributed by atoms with E-state index < -0.39 is 0 Å². The maximum Gasteiger partial charge on any atom is 0.251 e. The molecule has 0 radical (unpaired) electrons. The Bertz CT molecular complexity index is 582. The van der Waals surface area contributed by atoms with Gasteiger partial charge in [0.2, 0.25) is 0 Å². The topological polar surface area (TPSA) is 42.0 Å². The lowest BCUT2D eigenvalue weighted by Gasteiger charge is -2.39. The van der Waals surface area contributed by atoms with Crippen LogP contribution in [-0.2, 0) is 0 Å². The highest BCUT2D eigenvalue weighted by Gasteiger charge is 2.61. The molecule has 2 aliphatic rings. The third-order valence-electron chi connectivity index (χ3n) is 6.12. The number of amides is 1. The van der Waals surface area contributed by atoms with Crippen molar-refractivity contribution in [2.75, 3.05) is 0 Å². The van der Waals surface area contributed by atoms with Crippen LogP contribution >= 0.6 is 23.2 Å². The summed E-state index contributed by atoms with van der Waals surface area (Å²) in [5.74, 6) is 0.577. The predicted octanol–water partition coefficient (Wildman–Crippen LogP) is 4.33. The second kappa shape index (κ2) is 4.85. The van der Waals surface area contributed by atoms with Crippen LogP contribution in [0.1, 0.15) is 50.4 Å². The highest BCUT2D eigenvalue weighted by atomic mass is 35.5. The van der Waals surface area contributed by atoms with Crippen LogP contribution in [-0.4, -0.2) is 16.9 Å². The van der Waals surface area contributed by atoms with Gasteiger partial charge < -0.3 is 5.32 Å². The number of halogens is 2. The third-order valence-corrected chi connectivity index (χ3v) is 6.51. The van der Waals surface area contributed by atoms with Gasteiger partial charge in [0, 0.05) is 11.6 Å². The van der Waals surface area contributed by atoms with Crippen LogP contribution in [0.4, 0.5) is 0 Å². The molecule has 1 N–H and O–H groups in total. The van der Waals surface area contributed by atoms with Crippen molar-refractivity contribution in [2.45, 2.75) is 46.1 Å². The molecule has 0 aliphatic heterocycles. The van der Waals surface area contributed by atoms with Gasteiger partial charge in [-0.15, -0.1) is 0 Å². The Labute approximate surface area is 135 Å². The number of fused-ring (bicyclic) bond motifs is 2. The molecule has 1 amide bonds. The van der Waals surface area contributed by atoms with Crippen molar-refractivity contribution in [1.82, 2.24) is 10.3 Å². The third kappa shape index (κ3) is 2.25. The van der Waals surface area contributed by atoms with Gasteiger partial charge in [0.05, 0.1) is 0 Å². The van der Waals surface area contributed by atoms with Crippen LogP contribution in [0.5, 0.6) is 0 Å². The Morgan fingerprint density at radius 2 is 1.90 bits per heavy atom.